The first kappa shape index (κ1) is 23.9. The molecule has 0 aliphatic carbocycles. The molecule has 5 rings (SSSR count). The summed E-state index contributed by atoms with van der Waals surface area (Å²) in [7, 11) is 0. The summed E-state index contributed by atoms with van der Waals surface area (Å²) in [5.74, 6) is 0.393. The van der Waals surface area contributed by atoms with E-state index < -0.39 is 28.9 Å². The number of fused-ring (bicyclic) bond motifs is 2. The molecule has 0 radical (unpaired) electrons. The van der Waals surface area contributed by atoms with Crippen LogP contribution in [-0.4, -0.2) is 29.0 Å². The third-order valence-electron chi connectivity index (χ3n) is 5.52. The zero-order chi connectivity index (χ0) is 24.9. The number of hydrogen-bond donors (Lipinski definition) is 1. The average Bonchev–Trinajstić information content (AvgIpc) is 3.21. The summed E-state index contributed by atoms with van der Waals surface area (Å²) in [5, 5.41) is 0.350. The number of nitrogens with one attached hydrogen (secondary N) is 1. The number of rotatable bonds is 3. The highest BCUT2D eigenvalue weighted by atomic mass is 35.5. The molecule has 1 amide bonds. The van der Waals surface area contributed by atoms with Crippen LogP contribution in [0, 0.1) is 0 Å². The molecule has 0 fully saturated rings. The minimum atomic E-state index is -4.83. The van der Waals surface area contributed by atoms with Crippen LogP contribution in [0.2, 0.25) is 10.0 Å². The van der Waals surface area contributed by atoms with Crippen LogP contribution in [0.1, 0.15) is 27.2 Å². The fourth-order valence-electron chi connectivity index (χ4n) is 3.90. The molecule has 182 valence electrons. The van der Waals surface area contributed by atoms with Crippen LogP contribution in [0.3, 0.4) is 0 Å². The summed E-state index contributed by atoms with van der Waals surface area (Å²) < 4.78 is 51.5. The van der Waals surface area contributed by atoms with E-state index >= 15 is 0 Å². The second-order valence-corrected chi connectivity index (χ2v) is 9.69. The van der Waals surface area contributed by atoms with Crippen LogP contribution in [0.25, 0.3) is 0 Å². The van der Waals surface area contributed by atoms with Gasteiger partial charge >= 0.3 is 6.18 Å². The summed E-state index contributed by atoms with van der Waals surface area (Å²) in [6.45, 7) is 1.12. The third-order valence-corrected chi connectivity index (χ3v) is 7.56. The van der Waals surface area contributed by atoms with Gasteiger partial charge in [0, 0.05) is 22.9 Å². The van der Waals surface area contributed by atoms with Gasteiger partial charge in [-0.3, -0.25) is 9.59 Å². The van der Waals surface area contributed by atoms with E-state index in [9.17, 15) is 22.8 Å². The number of aromatic amines is 1. The van der Waals surface area contributed by atoms with Crippen LogP contribution in [0.5, 0.6) is 11.5 Å². The molecule has 0 spiro atoms. The molecule has 0 saturated heterocycles. The Morgan fingerprint density at radius 3 is 2.11 bits per heavy atom. The lowest BCUT2D eigenvalue weighted by atomic mass is 10.1. The molecular weight excluding hydrogens is 528 g/mol. The van der Waals surface area contributed by atoms with E-state index in [0.29, 0.717) is 24.7 Å². The molecule has 12 heteroatoms. The predicted molar refractivity (Wildman–Crippen MR) is 124 cm³/mol. The van der Waals surface area contributed by atoms with Crippen molar-refractivity contribution < 1.29 is 27.4 Å². The standard InChI is InChI=1S/C23H15Cl2F3N2O4S/c24-13-2-1-3-14(25)20(13)35-17-8-18(23(26,27)28)29-21(31)19(17)22(32)30-9-11-6-15-16(7-12(11)10-30)34-5-4-33-15/h1-3,6-8H,4-5,9-10H2,(H,29,31). The number of aromatic nitrogens is 1. The number of H-pyrrole nitrogens is 1. The van der Waals surface area contributed by atoms with Gasteiger partial charge in [0.2, 0.25) is 0 Å². The first-order chi connectivity index (χ1) is 16.6. The number of amides is 1. The van der Waals surface area contributed by atoms with Crippen molar-refractivity contribution in [3.8, 4) is 11.5 Å². The van der Waals surface area contributed by atoms with Gasteiger partial charge in [-0.2, -0.15) is 13.2 Å². The lowest BCUT2D eigenvalue weighted by molar-refractivity contribution is -0.141. The number of ether oxygens (including phenoxy) is 2. The zero-order valence-corrected chi connectivity index (χ0v) is 20.0. The van der Waals surface area contributed by atoms with Crippen LogP contribution >= 0.6 is 35.0 Å². The smallest absolute Gasteiger partial charge is 0.431 e. The fourth-order valence-corrected chi connectivity index (χ4v) is 5.54. The van der Waals surface area contributed by atoms with Gasteiger partial charge in [0.1, 0.15) is 24.5 Å². The quantitative estimate of drug-likeness (QED) is 0.454. The Bertz CT molecular complexity index is 1360. The monoisotopic (exact) mass is 542 g/mol. The van der Waals surface area contributed by atoms with E-state index in [0.717, 1.165) is 29.0 Å². The number of alkyl halides is 3. The SMILES string of the molecule is O=C(c1c(Sc2c(Cl)cccc2Cl)cc(C(F)(F)F)[nH]c1=O)N1Cc2cc3c(cc2C1)OCCO3. The summed E-state index contributed by atoms with van der Waals surface area (Å²) in [6.07, 6.45) is -4.83. The molecule has 3 aromatic rings. The number of carbonyl (C=O) groups excluding carboxylic acids is 1. The second kappa shape index (κ2) is 9.00. The van der Waals surface area contributed by atoms with Gasteiger partial charge in [0.15, 0.2) is 11.5 Å². The Morgan fingerprint density at radius 1 is 1.00 bits per heavy atom. The van der Waals surface area contributed by atoms with Crippen molar-refractivity contribution in [2.45, 2.75) is 29.1 Å². The van der Waals surface area contributed by atoms with Crippen molar-refractivity contribution in [3.63, 3.8) is 0 Å². The zero-order valence-electron chi connectivity index (χ0n) is 17.7. The topological polar surface area (TPSA) is 71.6 Å². The fraction of sp³-hybridized carbons (Fsp3) is 0.217. The maximum Gasteiger partial charge on any atom is 0.431 e. The molecule has 35 heavy (non-hydrogen) atoms. The van der Waals surface area contributed by atoms with Gasteiger partial charge in [0.05, 0.1) is 10.0 Å². The molecule has 0 atom stereocenters. The number of benzene rings is 2. The molecule has 0 saturated carbocycles. The number of hydrogen-bond acceptors (Lipinski definition) is 5. The molecule has 2 aliphatic heterocycles. The molecule has 3 heterocycles. The van der Waals surface area contributed by atoms with Crippen molar-refractivity contribution >= 4 is 40.9 Å². The van der Waals surface area contributed by atoms with E-state index in [-0.39, 0.29) is 32.9 Å². The van der Waals surface area contributed by atoms with Crippen molar-refractivity contribution in [2.75, 3.05) is 13.2 Å². The van der Waals surface area contributed by atoms with Crippen molar-refractivity contribution in [2.24, 2.45) is 0 Å². The van der Waals surface area contributed by atoms with Gasteiger partial charge in [-0.05, 0) is 41.5 Å². The Morgan fingerprint density at radius 2 is 1.57 bits per heavy atom. The minimum Gasteiger partial charge on any atom is -0.486 e. The van der Waals surface area contributed by atoms with E-state index in [2.05, 4.69) is 0 Å². The van der Waals surface area contributed by atoms with Crippen LogP contribution in [0.15, 0.2) is 51.0 Å². The first-order valence-electron chi connectivity index (χ1n) is 10.3. The summed E-state index contributed by atoms with van der Waals surface area (Å²) in [5.41, 5.74) is -1.26. The van der Waals surface area contributed by atoms with Crippen LogP contribution in [-0.2, 0) is 19.3 Å². The van der Waals surface area contributed by atoms with Gasteiger partial charge in [-0.1, -0.05) is 41.0 Å². The maximum atomic E-state index is 13.5. The van der Waals surface area contributed by atoms with E-state index in [1.165, 1.54) is 17.0 Å². The third kappa shape index (κ3) is 4.57. The summed E-state index contributed by atoms with van der Waals surface area (Å²) in [6, 6.07) is 8.87. The van der Waals surface area contributed by atoms with Gasteiger partial charge in [-0.15, -0.1) is 0 Å². The Kier molecular flexibility index (Phi) is 6.14. The first-order valence-corrected chi connectivity index (χ1v) is 11.9. The van der Waals surface area contributed by atoms with E-state index in [4.69, 9.17) is 32.7 Å². The van der Waals surface area contributed by atoms with E-state index in [1.54, 1.807) is 23.2 Å². The molecule has 1 aromatic heterocycles. The van der Waals surface area contributed by atoms with Crippen LogP contribution < -0.4 is 15.0 Å². The molecule has 2 aromatic carbocycles. The summed E-state index contributed by atoms with van der Waals surface area (Å²) >= 11 is 13.1. The minimum absolute atomic E-state index is 0.155. The lowest BCUT2D eigenvalue weighted by Crippen LogP contribution is -2.32. The Hall–Kier alpha value is -2.82. The van der Waals surface area contributed by atoms with E-state index in [1.807, 2.05) is 0 Å². The predicted octanol–water partition coefficient (Wildman–Crippen LogP) is 5.78. The van der Waals surface area contributed by atoms with Crippen molar-refractivity contribution in [1.29, 1.82) is 0 Å². The highest BCUT2D eigenvalue weighted by Gasteiger charge is 2.36. The number of carbonyl (C=O) groups is 1. The van der Waals surface area contributed by atoms with Gasteiger partial charge < -0.3 is 19.4 Å². The largest absolute Gasteiger partial charge is 0.486 e. The highest BCUT2D eigenvalue weighted by Crippen LogP contribution is 2.42. The normalized spacial score (nSPS) is 14.7. The number of nitrogens with zero attached hydrogens (tertiary/aromatic N) is 1. The molecule has 0 unspecified atom stereocenters. The Labute approximate surface area is 210 Å². The Balaban J connectivity index is 1.54. The maximum absolute atomic E-state index is 13.5. The highest BCUT2D eigenvalue weighted by molar-refractivity contribution is 7.99. The van der Waals surface area contributed by atoms with Gasteiger partial charge in [0.25, 0.3) is 11.5 Å². The average molecular weight is 543 g/mol. The van der Waals surface area contributed by atoms with Crippen molar-refractivity contribution in [3.05, 3.63) is 79.2 Å². The van der Waals surface area contributed by atoms with Crippen LogP contribution in [0.4, 0.5) is 13.2 Å². The summed E-state index contributed by atoms with van der Waals surface area (Å²) in [4.78, 5) is 29.5. The van der Waals surface area contributed by atoms with Gasteiger partial charge in [-0.25, -0.2) is 0 Å². The second-order valence-electron chi connectivity index (χ2n) is 7.83. The lowest BCUT2D eigenvalue weighted by Gasteiger charge is -2.19. The molecule has 2 aliphatic rings. The van der Waals surface area contributed by atoms with Crippen molar-refractivity contribution in [1.82, 2.24) is 9.88 Å². The number of halogens is 5. The molecule has 6 nitrogen and oxygen atoms in total. The number of pyridine rings is 1. The molecular formula is C23H15Cl2F3N2O4S. The molecule has 0 bridgehead atoms. The molecule has 1 N–H and O–H groups in total.